The van der Waals surface area contributed by atoms with Crippen LogP contribution in [-0.4, -0.2) is 62.0 Å². The molecule has 3 aromatic heterocycles. The largest absolute Gasteiger partial charge is 0.494 e. The molecule has 0 radical (unpaired) electrons. The number of hydrogen-bond donors (Lipinski definition) is 0. The fourth-order valence-electron chi connectivity index (χ4n) is 4.05. The molecule has 0 saturated carbocycles. The molecule has 0 atom stereocenters. The number of furan rings is 1. The van der Waals surface area contributed by atoms with Crippen LogP contribution in [0.5, 0.6) is 11.5 Å². The average Bonchev–Trinajstić information content (AvgIpc) is 3.62. The monoisotopic (exact) mass is 600 g/mol. The maximum absolute atomic E-state index is 14.4. The third kappa shape index (κ3) is 6.17. The first-order chi connectivity index (χ1) is 19.4. The highest BCUT2D eigenvalue weighted by Crippen LogP contribution is 2.40. The maximum Gasteiger partial charge on any atom is 0.262 e. The standard InChI is InChI=1S/C27H33FN6O5SSi/c1-18(25-29-16-20(28)17-30-25)19(2)40(35,36)33(13-15-41(5,6)7)27-32-31-26(23-12-9-14-39-23)34(27)24-21(37-3)10-8-11-22(24)38-4/h8-12,14,16-17H,13,15H2,1-7H3/b19-18+. The Labute approximate surface area is 239 Å². The van der Waals surface area contributed by atoms with Crippen LogP contribution in [0.15, 0.2) is 58.3 Å². The van der Waals surface area contributed by atoms with Gasteiger partial charge in [0, 0.05) is 20.2 Å². The minimum atomic E-state index is -4.23. The molecule has 0 aliphatic carbocycles. The van der Waals surface area contributed by atoms with Crippen molar-refractivity contribution >= 4 is 29.6 Å². The Kier molecular flexibility index (Phi) is 8.63. The van der Waals surface area contributed by atoms with Gasteiger partial charge in [0.1, 0.15) is 17.2 Å². The van der Waals surface area contributed by atoms with Crippen LogP contribution in [0.3, 0.4) is 0 Å². The number of methoxy groups -OCH3 is 2. The minimum absolute atomic E-state index is 0.0132. The van der Waals surface area contributed by atoms with E-state index in [2.05, 4.69) is 39.8 Å². The Morgan fingerprint density at radius 1 is 1.02 bits per heavy atom. The topological polar surface area (TPSA) is 125 Å². The number of allylic oxidation sites excluding steroid dienone is 2. The van der Waals surface area contributed by atoms with E-state index in [4.69, 9.17) is 13.9 Å². The summed E-state index contributed by atoms with van der Waals surface area (Å²) in [4.78, 5) is 7.95. The predicted octanol–water partition coefficient (Wildman–Crippen LogP) is 5.40. The summed E-state index contributed by atoms with van der Waals surface area (Å²) in [6, 6.07) is 9.25. The number of anilines is 1. The van der Waals surface area contributed by atoms with Crippen molar-refractivity contribution < 1.29 is 26.7 Å². The predicted molar refractivity (Wildman–Crippen MR) is 157 cm³/mol. The first-order valence-electron chi connectivity index (χ1n) is 12.8. The minimum Gasteiger partial charge on any atom is -0.494 e. The normalized spacial score (nSPS) is 12.7. The number of hydrogen-bond acceptors (Lipinski definition) is 9. The third-order valence-electron chi connectivity index (χ3n) is 6.46. The molecule has 0 aliphatic rings. The van der Waals surface area contributed by atoms with Crippen LogP contribution < -0.4 is 13.8 Å². The second-order valence-electron chi connectivity index (χ2n) is 10.4. The zero-order valence-electron chi connectivity index (χ0n) is 24.0. The SMILES string of the molecule is COc1cccc(OC)c1-n1c(-c2ccco2)nnc1N(CC[Si](C)(C)C)S(=O)(=O)/C(C)=C(\C)c1ncc(F)cn1. The van der Waals surface area contributed by atoms with Crippen molar-refractivity contribution in [3.63, 3.8) is 0 Å². The molecular formula is C27H33FN6O5SSi. The molecule has 0 unspecified atom stereocenters. The first kappa shape index (κ1) is 29.9. The summed E-state index contributed by atoms with van der Waals surface area (Å²) >= 11 is 0. The molecule has 0 amide bonds. The maximum atomic E-state index is 14.4. The Morgan fingerprint density at radius 2 is 1.66 bits per heavy atom. The zero-order valence-corrected chi connectivity index (χ0v) is 25.9. The summed E-state index contributed by atoms with van der Waals surface area (Å²) < 4.78 is 62.1. The molecule has 218 valence electrons. The lowest BCUT2D eigenvalue weighted by Crippen LogP contribution is -2.38. The molecule has 41 heavy (non-hydrogen) atoms. The van der Waals surface area contributed by atoms with Gasteiger partial charge in [0.25, 0.3) is 10.0 Å². The fourth-order valence-corrected chi connectivity index (χ4v) is 6.58. The van der Waals surface area contributed by atoms with Gasteiger partial charge in [-0.2, -0.15) is 0 Å². The lowest BCUT2D eigenvalue weighted by atomic mass is 10.2. The molecule has 0 saturated heterocycles. The van der Waals surface area contributed by atoms with Crippen molar-refractivity contribution in [1.82, 2.24) is 24.7 Å². The van der Waals surface area contributed by atoms with Crippen LogP contribution in [0.25, 0.3) is 22.8 Å². The van der Waals surface area contributed by atoms with E-state index >= 15 is 0 Å². The molecule has 11 nitrogen and oxygen atoms in total. The molecule has 14 heteroatoms. The summed E-state index contributed by atoms with van der Waals surface area (Å²) in [5.74, 6) is 0.922. The Balaban J connectivity index is 2.01. The third-order valence-corrected chi connectivity index (χ3v) is 10.2. The van der Waals surface area contributed by atoms with Crippen LogP contribution in [-0.2, 0) is 10.0 Å². The van der Waals surface area contributed by atoms with Crippen LogP contribution in [0.1, 0.15) is 19.7 Å². The van der Waals surface area contributed by atoms with Crippen LogP contribution >= 0.6 is 0 Å². The van der Waals surface area contributed by atoms with Crippen molar-refractivity contribution in [2.45, 2.75) is 39.5 Å². The summed E-state index contributed by atoms with van der Waals surface area (Å²) in [5.41, 5.74) is 0.674. The lowest BCUT2D eigenvalue weighted by molar-refractivity contribution is 0.391. The van der Waals surface area contributed by atoms with Gasteiger partial charge >= 0.3 is 0 Å². The van der Waals surface area contributed by atoms with Gasteiger partial charge < -0.3 is 13.9 Å². The number of sulfonamides is 1. The molecule has 0 N–H and O–H groups in total. The van der Waals surface area contributed by atoms with Crippen molar-refractivity contribution in [1.29, 1.82) is 0 Å². The molecule has 0 aliphatic heterocycles. The van der Waals surface area contributed by atoms with E-state index in [1.807, 2.05) is 0 Å². The molecule has 0 fully saturated rings. The van der Waals surface area contributed by atoms with Crippen LogP contribution in [0.4, 0.5) is 10.3 Å². The number of rotatable bonds is 11. The Bertz CT molecular complexity index is 1630. The summed E-state index contributed by atoms with van der Waals surface area (Å²) in [6.45, 7) is 9.64. The van der Waals surface area contributed by atoms with Gasteiger partial charge in [-0.3, -0.25) is 4.57 Å². The van der Waals surface area contributed by atoms with Gasteiger partial charge in [0.2, 0.25) is 11.8 Å². The van der Waals surface area contributed by atoms with Crippen molar-refractivity contribution in [3.05, 3.63) is 65.5 Å². The van der Waals surface area contributed by atoms with Gasteiger partial charge in [0.05, 0.1) is 37.8 Å². The Hall–Kier alpha value is -4.04. The molecule has 4 rings (SSSR count). The van der Waals surface area contributed by atoms with Gasteiger partial charge in [-0.05, 0) is 44.2 Å². The van der Waals surface area contributed by atoms with Crippen molar-refractivity contribution in [3.8, 4) is 28.8 Å². The number of halogens is 1. The molecular weight excluding hydrogens is 567 g/mol. The first-order valence-corrected chi connectivity index (χ1v) is 17.9. The summed E-state index contributed by atoms with van der Waals surface area (Å²) in [5, 5.41) is 8.76. The van der Waals surface area contributed by atoms with Crippen molar-refractivity contribution in [2.75, 3.05) is 25.1 Å². The van der Waals surface area contributed by atoms with Gasteiger partial charge in [0.15, 0.2) is 17.4 Å². The Morgan fingerprint density at radius 3 is 2.20 bits per heavy atom. The van der Waals surface area contributed by atoms with Crippen LogP contribution in [0.2, 0.25) is 25.7 Å². The molecule has 3 heterocycles. The van der Waals surface area contributed by atoms with Gasteiger partial charge in [-0.25, -0.2) is 27.1 Å². The van der Waals surface area contributed by atoms with Gasteiger partial charge in [-0.15, -0.1) is 10.2 Å². The van der Waals surface area contributed by atoms with E-state index in [1.165, 1.54) is 31.7 Å². The summed E-state index contributed by atoms with van der Waals surface area (Å²) in [6.07, 6.45) is 3.48. The fraction of sp³-hybridized carbons (Fsp3) is 0.333. The van der Waals surface area contributed by atoms with Gasteiger partial charge in [-0.1, -0.05) is 25.7 Å². The second-order valence-corrected chi connectivity index (χ2v) is 18.1. The number of benzene rings is 1. The van der Waals surface area contributed by atoms with Crippen molar-refractivity contribution in [2.24, 2.45) is 0 Å². The number of ether oxygens (including phenoxy) is 2. The van der Waals surface area contributed by atoms with E-state index in [9.17, 15) is 12.8 Å². The highest BCUT2D eigenvalue weighted by atomic mass is 32.2. The highest BCUT2D eigenvalue weighted by molar-refractivity contribution is 7.96. The van der Waals surface area contributed by atoms with E-state index in [0.717, 1.165) is 12.4 Å². The number of nitrogens with zero attached hydrogens (tertiary/aromatic N) is 6. The van der Waals surface area contributed by atoms with Crippen LogP contribution in [0, 0.1) is 5.82 Å². The number of para-hydroxylation sites is 1. The van der Waals surface area contributed by atoms with E-state index in [1.54, 1.807) is 41.8 Å². The van der Waals surface area contributed by atoms with E-state index in [-0.39, 0.29) is 34.6 Å². The molecule has 0 spiro atoms. The highest BCUT2D eigenvalue weighted by Gasteiger charge is 2.35. The van der Waals surface area contributed by atoms with E-state index < -0.39 is 23.9 Å². The second kappa shape index (κ2) is 11.8. The average molecular weight is 601 g/mol. The number of aromatic nitrogens is 5. The lowest BCUT2D eigenvalue weighted by Gasteiger charge is -2.28. The quantitative estimate of drug-likeness (QED) is 0.208. The molecule has 4 aromatic rings. The zero-order chi connectivity index (χ0) is 29.9. The van der Waals surface area contributed by atoms with E-state index in [0.29, 0.717) is 29.0 Å². The molecule has 0 bridgehead atoms. The summed E-state index contributed by atoms with van der Waals surface area (Å²) in [7, 11) is -2.97. The molecule has 1 aromatic carbocycles. The smallest absolute Gasteiger partial charge is 0.262 e.